The Kier molecular flexibility index (Phi) is 10.6. The number of rotatable bonds is 6. The standard InChI is InChI=1S/C17H28N4O.HI/c1-13(2)20-16(22)10-11-19-17(18-4)21(5)12-15-9-7-6-8-14(15)3;/h6-9,13H,10-12H2,1-5H3,(H,18,19)(H,20,22);1H. The normalized spacial score (nSPS) is 11.0. The summed E-state index contributed by atoms with van der Waals surface area (Å²) in [5.74, 6) is 0.847. The summed E-state index contributed by atoms with van der Waals surface area (Å²) in [7, 11) is 3.75. The number of nitrogens with one attached hydrogen (secondary N) is 2. The number of hydrogen-bond donors (Lipinski definition) is 2. The summed E-state index contributed by atoms with van der Waals surface area (Å²) in [6, 6.07) is 8.49. The van der Waals surface area contributed by atoms with Crippen molar-refractivity contribution in [2.45, 2.75) is 39.8 Å². The van der Waals surface area contributed by atoms with E-state index in [0.29, 0.717) is 13.0 Å². The molecule has 0 unspecified atom stereocenters. The van der Waals surface area contributed by atoms with Crippen molar-refractivity contribution in [1.29, 1.82) is 0 Å². The van der Waals surface area contributed by atoms with Crippen LogP contribution in [-0.4, -0.2) is 43.4 Å². The van der Waals surface area contributed by atoms with Crippen LogP contribution in [0.4, 0.5) is 0 Å². The second-order valence-corrected chi connectivity index (χ2v) is 5.73. The van der Waals surface area contributed by atoms with Gasteiger partial charge >= 0.3 is 0 Å². The molecule has 1 amide bonds. The van der Waals surface area contributed by atoms with E-state index in [0.717, 1.165) is 12.5 Å². The minimum atomic E-state index is 0. The van der Waals surface area contributed by atoms with Gasteiger partial charge in [-0.2, -0.15) is 0 Å². The molecule has 2 N–H and O–H groups in total. The van der Waals surface area contributed by atoms with E-state index >= 15 is 0 Å². The van der Waals surface area contributed by atoms with Crippen molar-refractivity contribution in [2.75, 3.05) is 20.6 Å². The van der Waals surface area contributed by atoms with E-state index in [1.807, 2.05) is 33.0 Å². The lowest BCUT2D eigenvalue weighted by Crippen LogP contribution is -2.40. The third-order valence-corrected chi connectivity index (χ3v) is 3.33. The Morgan fingerprint density at radius 2 is 1.96 bits per heavy atom. The summed E-state index contributed by atoms with van der Waals surface area (Å²) < 4.78 is 0. The first kappa shape index (κ1) is 21.7. The van der Waals surface area contributed by atoms with Crippen LogP contribution in [0.3, 0.4) is 0 Å². The monoisotopic (exact) mass is 432 g/mol. The maximum atomic E-state index is 11.6. The van der Waals surface area contributed by atoms with E-state index in [1.54, 1.807) is 7.05 Å². The third-order valence-electron chi connectivity index (χ3n) is 3.33. The molecule has 0 aromatic heterocycles. The number of benzene rings is 1. The van der Waals surface area contributed by atoms with E-state index in [-0.39, 0.29) is 35.9 Å². The Hall–Kier alpha value is -1.31. The van der Waals surface area contributed by atoms with Crippen LogP contribution in [0.1, 0.15) is 31.4 Å². The Morgan fingerprint density at radius 3 is 2.52 bits per heavy atom. The maximum absolute atomic E-state index is 11.6. The van der Waals surface area contributed by atoms with Crippen LogP contribution < -0.4 is 10.6 Å². The van der Waals surface area contributed by atoms with Crippen LogP contribution in [0.25, 0.3) is 0 Å². The average Bonchev–Trinajstić information content (AvgIpc) is 2.45. The van der Waals surface area contributed by atoms with Gasteiger partial charge in [0.1, 0.15) is 0 Å². The quantitative estimate of drug-likeness (QED) is 0.413. The van der Waals surface area contributed by atoms with E-state index in [1.165, 1.54) is 11.1 Å². The number of aliphatic imine (C=N–C) groups is 1. The molecule has 23 heavy (non-hydrogen) atoms. The number of carbonyl (C=O) groups is 1. The summed E-state index contributed by atoms with van der Waals surface area (Å²) in [5.41, 5.74) is 2.53. The lowest BCUT2D eigenvalue weighted by Gasteiger charge is -2.23. The number of hydrogen-bond acceptors (Lipinski definition) is 2. The van der Waals surface area contributed by atoms with Gasteiger partial charge in [-0.15, -0.1) is 24.0 Å². The molecule has 0 bridgehead atoms. The Labute approximate surface area is 157 Å². The van der Waals surface area contributed by atoms with Gasteiger partial charge in [-0.25, -0.2) is 0 Å². The topological polar surface area (TPSA) is 56.7 Å². The smallest absolute Gasteiger partial charge is 0.221 e. The van der Waals surface area contributed by atoms with Crippen LogP contribution in [0.2, 0.25) is 0 Å². The number of amides is 1. The summed E-state index contributed by atoms with van der Waals surface area (Å²) >= 11 is 0. The van der Waals surface area contributed by atoms with Crippen LogP contribution in [0.5, 0.6) is 0 Å². The molecular weight excluding hydrogens is 403 g/mol. The largest absolute Gasteiger partial charge is 0.356 e. The molecule has 0 saturated heterocycles. The van der Waals surface area contributed by atoms with Crippen molar-refractivity contribution >= 4 is 35.8 Å². The fourth-order valence-corrected chi connectivity index (χ4v) is 2.18. The van der Waals surface area contributed by atoms with Gasteiger partial charge in [0.05, 0.1) is 0 Å². The molecule has 0 radical (unpaired) electrons. The van der Waals surface area contributed by atoms with Gasteiger partial charge < -0.3 is 15.5 Å². The molecule has 0 aliphatic carbocycles. The zero-order valence-corrected chi connectivity index (χ0v) is 17.0. The van der Waals surface area contributed by atoms with Crippen molar-refractivity contribution in [3.05, 3.63) is 35.4 Å². The lowest BCUT2D eigenvalue weighted by molar-refractivity contribution is -0.121. The summed E-state index contributed by atoms with van der Waals surface area (Å²) in [6.45, 7) is 7.38. The predicted octanol–water partition coefficient (Wildman–Crippen LogP) is 2.53. The van der Waals surface area contributed by atoms with Gasteiger partial charge in [-0.05, 0) is 31.9 Å². The van der Waals surface area contributed by atoms with Crippen LogP contribution in [0, 0.1) is 6.92 Å². The maximum Gasteiger partial charge on any atom is 0.221 e. The summed E-state index contributed by atoms with van der Waals surface area (Å²) in [4.78, 5) is 18.0. The number of carbonyl (C=O) groups excluding carboxylic acids is 1. The Bertz CT molecular complexity index is 517. The fraction of sp³-hybridized carbons (Fsp3) is 0.529. The SMILES string of the molecule is CN=C(NCCC(=O)NC(C)C)N(C)Cc1ccccc1C.I. The molecule has 0 spiro atoms. The Morgan fingerprint density at radius 1 is 1.30 bits per heavy atom. The van der Waals surface area contributed by atoms with Gasteiger partial charge in [0.15, 0.2) is 5.96 Å². The highest BCUT2D eigenvalue weighted by Crippen LogP contribution is 2.09. The molecule has 0 aliphatic heterocycles. The van der Waals surface area contributed by atoms with Crippen molar-refractivity contribution in [3.63, 3.8) is 0 Å². The highest BCUT2D eigenvalue weighted by molar-refractivity contribution is 14.0. The summed E-state index contributed by atoms with van der Waals surface area (Å²) in [6.07, 6.45) is 0.440. The van der Waals surface area contributed by atoms with Crippen molar-refractivity contribution in [1.82, 2.24) is 15.5 Å². The van der Waals surface area contributed by atoms with Gasteiger partial charge in [0.2, 0.25) is 5.91 Å². The zero-order valence-electron chi connectivity index (χ0n) is 14.7. The average molecular weight is 432 g/mol. The lowest BCUT2D eigenvalue weighted by atomic mass is 10.1. The number of halogens is 1. The molecule has 0 saturated carbocycles. The zero-order chi connectivity index (χ0) is 16.5. The summed E-state index contributed by atoms with van der Waals surface area (Å²) in [5, 5.41) is 6.11. The first-order chi connectivity index (χ1) is 10.4. The first-order valence-corrected chi connectivity index (χ1v) is 7.69. The van der Waals surface area contributed by atoms with Gasteiger partial charge in [0, 0.05) is 39.6 Å². The highest BCUT2D eigenvalue weighted by atomic mass is 127. The van der Waals surface area contributed by atoms with Gasteiger partial charge in [0.25, 0.3) is 0 Å². The highest BCUT2D eigenvalue weighted by Gasteiger charge is 2.09. The molecule has 5 nitrogen and oxygen atoms in total. The van der Waals surface area contributed by atoms with Crippen molar-refractivity contribution < 1.29 is 4.79 Å². The van der Waals surface area contributed by atoms with Crippen LogP contribution in [0.15, 0.2) is 29.3 Å². The molecule has 1 aromatic carbocycles. The Balaban J connectivity index is 0.00000484. The number of guanidine groups is 1. The molecule has 0 heterocycles. The molecule has 0 atom stereocenters. The molecule has 0 aliphatic rings. The second kappa shape index (κ2) is 11.3. The second-order valence-electron chi connectivity index (χ2n) is 5.73. The van der Waals surface area contributed by atoms with E-state index in [2.05, 4.69) is 39.6 Å². The minimum Gasteiger partial charge on any atom is -0.356 e. The molecule has 1 aromatic rings. The third kappa shape index (κ3) is 8.20. The van der Waals surface area contributed by atoms with Crippen molar-refractivity contribution in [3.8, 4) is 0 Å². The fourth-order valence-electron chi connectivity index (χ4n) is 2.18. The molecular formula is C17H29IN4O. The molecule has 1 rings (SSSR count). The van der Waals surface area contributed by atoms with E-state index in [9.17, 15) is 4.79 Å². The van der Waals surface area contributed by atoms with E-state index < -0.39 is 0 Å². The minimum absolute atomic E-state index is 0. The number of nitrogens with zero attached hydrogens (tertiary/aromatic N) is 2. The van der Waals surface area contributed by atoms with Crippen molar-refractivity contribution in [2.24, 2.45) is 4.99 Å². The van der Waals surface area contributed by atoms with Gasteiger partial charge in [-0.3, -0.25) is 9.79 Å². The van der Waals surface area contributed by atoms with E-state index in [4.69, 9.17) is 0 Å². The molecule has 6 heteroatoms. The first-order valence-electron chi connectivity index (χ1n) is 7.69. The predicted molar refractivity (Wildman–Crippen MR) is 107 cm³/mol. The number of aryl methyl sites for hydroxylation is 1. The molecule has 130 valence electrons. The van der Waals surface area contributed by atoms with Crippen LogP contribution >= 0.6 is 24.0 Å². The van der Waals surface area contributed by atoms with Gasteiger partial charge in [-0.1, -0.05) is 24.3 Å². The molecule has 0 fully saturated rings. The van der Waals surface area contributed by atoms with Crippen LogP contribution in [-0.2, 0) is 11.3 Å².